The number of aliphatic hydroxyl groups is 1. The number of hydrogen-bond donors (Lipinski definition) is 1. The number of likely N-dealkylation sites (tertiary alicyclic amines) is 1. The highest BCUT2D eigenvalue weighted by atomic mass is 16.5. The van der Waals surface area contributed by atoms with Gasteiger partial charge in [-0.3, -0.25) is 9.80 Å². The SMILES string of the molecule is OC[C@@H]1CC[C@@H](c2nnnn2CCN2CCOCC2)N1CC1CCCC1. The Labute approximate surface area is 155 Å². The molecule has 2 aliphatic heterocycles. The van der Waals surface area contributed by atoms with Crippen LogP contribution in [0.4, 0.5) is 0 Å². The molecule has 1 aromatic heterocycles. The molecular formula is C18H32N6O2. The lowest BCUT2D eigenvalue weighted by Gasteiger charge is -2.31. The van der Waals surface area contributed by atoms with Gasteiger partial charge in [-0.2, -0.15) is 0 Å². The van der Waals surface area contributed by atoms with Crippen molar-refractivity contribution in [1.82, 2.24) is 30.0 Å². The average molecular weight is 364 g/mol. The molecule has 4 rings (SSSR count). The molecule has 1 N–H and O–H groups in total. The van der Waals surface area contributed by atoms with Crippen LogP contribution in [0.5, 0.6) is 0 Å². The van der Waals surface area contributed by atoms with Gasteiger partial charge in [0.2, 0.25) is 0 Å². The smallest absolute Gasteiger partial charge is 0.168 e. The molecule has 1 aromatic rings. The maximum atomic E-state index is 9.85. The molecule has 0 spiro atoms. The van der Waals surface area contributed by atoms with Crippen LogP contribution in [0.15, 0.2) is 0 Å². The molecule has 3 heterocycles. The molecule has 3 fully saturated rings. The summed E-state index contributed by atoms with van der Waals surface area (Å²) >= 11 is 0. The molecule has 26 heavy (non-hydrogen) atoms. The molecule has 8 heteroatoms. The van der Waals surface area contributed by atoms with Crippen molar-refractivity contribution in [3.05, 3.63) is 5.82 Å². The minimum atomic E-state index is 0.235. The van der Waals surface area contributed by atoms with Crippen LogP contribution >= 0.6 is 0 Å². The van der Waals surface area contributed by atoms with Gasteiger partial charge in [0.25, 0.3) is 0 Å². The van der Waals surface area contributed by atoms with E-state index >= 15 is 0 Å². The molecule has 0 unspecified atom stereocenters. The quantitative estimate of drug-likeness (QED) is 0.763. The maximum absolute atomic E-state index is 9.85. The second-order valence-electron chi connectivity index (χ2n) is 7.99. The van der Waals surface area contributed by atoms with E-state index in [0.717, 1.165) is 70.5 Å². The predicted molar refractivity (Wildman–Crippen MR) is 96.6 cm³/mol. The maximum Gasteiger partial charge on any atom is 0.168 e. The molecule has 1 aliphatic carbocycles. The van der Waals surface area contributed by atoms with Crippen molar-refractivity contribution in [2.75, 3.05) is 46.0 Å². The summed E-state index contributed by atoms with van der Waals surface area (Å²) in [6.07, 6.45) is 7.42. The topological polar surface area (TPSA) is 79.5 Å². The largest absolute Gasteiger partial charge is 0.395 e. The van der Waals surface area contributed by atoms with Crippen molar-refractivity contribution in [2.24, 2.45) is 5.92 Å². The zero-order chi connectivity index (χ0) is 17.8. The number of hydrogen-bond acceptors (Lipinski definition) is 7. The summed E-state index contributed by atoms with van der Waals surface area (Å²) in [6, 6.07) is 0.498. The fourth-order valence-corrected chi connectivity index (χ4v) is 4.85. The number of nitrogens with zero attached hydrogens (tertiary/aromatic N) is 6. The first-order valence-corrected chi connectivity index (χ1v) is 10.3. The zero-order valence-electron chi connectivity index (χ0n) is 15.7. The van der Waals surface area contributed by atoms with Crippen LogP contribution in [0.25, 0.3) is 0 Å². The van der Waals surface area contributed by atoms with Gasteiger partial charge < -0.3 is 9.84 Å². The van der Waals surface area contributed by atoms with E-state index in [9.17, 15) is 5.11 Å². The van der Waals surface area contributed by atoms with E-state index in [-0.39, 0.29) is 18.7 Å². The van der Waals surface area contributed by atoms with Gasteiger partial charge in [-0.15, -0.1) is 5.10 Å². The van der Waals surface area contributed by atoms with Crippen LogP contribution in [0.1, 0.15) is 50.4 Å². The van der Waals surface area contributed by atoms with Crippen molar-refractivity contribution in [3.63, 3.8) is 0 Å². The fourth-order valence-electron chi connectivity index (χ4n) is 4.85. The van der Waals surface area contributed by atoms with Crippen molar-refractivity contribution in [2.45, 2.75) is 57.2 Å². The van der Waals surface area contributed by atoms with Crippen molar-refractivity contribution < 1.29 is 9.84 Å². The Morgan fingerprint density at radius 1 is 1.04 bits per heavy atom. The van der Waals surface area contributed by atoms with Crippen LogP contribution < -0.4 is 0 Å². The highest BCUT2D eigenvalue weighted by Gasteiger charge is 2.38. The Bertz CT molecular complexity index is 556. The van der Waals surface area contributed by atoms with E-state index in [1.54, 1.807) is 0 Å². The number of rotatable bonds is 7. The van der Waals surface area contributed by atoms with Crippen LogP contribution in [0, 0.1) is 5.92 Å². The molecule has 146 valence electrons. The monoisotopic (exact) mass is 364 g/mol. The number of ether oxygens (including phenoxy) is 1. The molecule has 8 nitrogen and oxygen atoms in total. The molecule has 0 radical (unpaired) electrons. The fraction of sp³-hybridized carbons (Fsp3) is 0.944. The minimum absolute atomic E-state index is 0.235. The second-order valence-corrected chi connectivity index (χ2v) is 7.99. The normalized spacial score (nSPS) is 29.0. The van der Waals surface area contributed by atoms with Gasteiger partial charge in [-0.1, -0.05) is 12.8 Å². The van der Waals surface area contributed by atoms with Crippen LogP contribution in [0.3, 0.4) is 0 Å². The van der Waals surface area contributed by atoms with Crippen molar-refractivity contribution >= 4 is 0 Å². The van der Waals surface area contributed by atoms with Gasteiger partial charge in [-0.05, 0) is 42.0 Å². The number of tetrazole rings is 1. The van der Waals surface area contributed by atoms with Gasteiger partial charge in [0.1, 0.15) is 0 Å². The molecule has 0 aromatic carbocycles. The first kappa shape index (κ1) is 18.3. The molecule has 0 bridgehead atoms. The Balaban J connectivity index is 1.42. The third kappa shape index (κ3) is 4.08. The Morgan fingerprint density at radius 2 is 1.85 bits per heavy atom. The highest BCUT2D eigenvalue weighted by molar-refractivity contribution is 5.01. The Morgan fingerprint density at radius 3 is 2.62 bits per heavy atom. The third-order valence-electron chi connectivity index (χ3n) is 6.39. The molecule has 2 atom stereocenters. The number of aliphatic hydroxyl groups excluding tert-OH is 1. The van der Waals surface area contributed by atoms with E-state index in [1.165, 1.54) is 25.7 Å². The van der Waals surface area contributed by atoms with Gasteiger partial charge in [0.05, 0.1) is 32.4 Å². The summed E-state index contributed by atoms with van der Waals surface area (Å²) in [7, 11) is 0. The molecular weight excluding hydrogens is 332 g/mol. The van der Waals surface area contributed by atoms with Gasteiger partial charge >= 0.3 is 0 Å². The van der Waals surface area contributed by atoms with Crippen molar-refractivity contribution in [1.29, 1.82) is 0 Å². The Kier molecular flexibility index (Phi) is 6.14. The predicted octanol–water partition coefficient (Wildman–Crippen LogP) is 0.693. The van der Waals surface area contributed by atoms with E-state index in [0.29, 0.717) is 0 Å². The molecule has 1 saturated carbocycles. The van der Waals surface area contributed by atoms with Gasteiger partial charge in [0, 0.05) is 32.2 Å². The van der Waals surface area contributed by atoms with Crippen LogP contribution in [-0.2, 0) is 11.3 Å². The molecule has 0 amide bonds. The summed E-state index contributed by atoms with van der Waals surface area (Å²) in [5.74, 6) is 1.74. The average Bonchev–Trinajstić information content (AvgIpc) is 3.42. The first-order valence-electron chi connectivity index (χ1n) is 10.3. The number of morpholine rings is 1. The second kappa shape index (κ2) is 8.73. The van der Waals surface area contributed by atoms with E-state index in [4.69, 9.17) is 4.74 Å². The summed E-state index contributed by atoms with van der Waals surface area (Å²) in [4.78, 5) is 4.91. The van der Waals surface area contributed by atoms with E-state index in [1.807, 2.05) is 4.68 Å². The highest BCUT2D eigenvalue weighted by Crippen LogP contribution is 2.37. The van der Waals surface area contributed by atoms with Crippen LogP contribution in [0.2, 0.25) is 0 Å². The van der Waals surface area contributed by atoms with Crippen molar-refractivity contribution in [3.8, 4) is 0 Å². The molecule has 2 saturated heterocycles. The lowest BCUT2D eigenvalue weighted by Crippen LogP contribution is -2.40. The van der Waals surface area contributed by atoms with Gasteiger partial charge in [0.15, 0.2) is 5.82 Å². The summed E-state index contributed by atoms with van der Waals surface area (Å²) in [5.41, 5.74) is 0. The number of aromatic nitrogens is 4. The summed E-state index contributed by atoms with van der Waals surface area (Å²) < 4.78 is 7.41. The lowest BCUT2D eigenvalue weighted by molar-refractivity contribution is 0.0355. The lowest BCUT2D eigenvalue weighted by atomic mass is 10.1. The standard InChI is InChI=1S/C18H32N6O2/c25-14-16-5-6-17(23(16)13-15-3-1-2-4-15)18-19-20-21-24(18)8-7-22-9-11-26-12-10-22/h15-17,25H,1-14H2/t16-,17-/m0/s1. The molecule has 3 aliphatic rings. The van der Waals surface area contributed by atoms with E-state index in [2.05, 4.69) is 25.3 Å². The van der Waals surface area contributed by atoms with Crippen LogP contribution in [-0.4, -0.2) is 87.2 Å². The zero-order valence-corrected chi connectivity index (χ0v) is 15.7. The Hall–Kier alpha value is -1.09. The third-order valence-corrected chi connectivity index (χ3v) is 6.39. The minimum Gasteiger partial charge on any atom is -0.395 e. The van der Waals surface area contributed by atoms with E-state index < -0.39 is 0 Å². The van der Waals surface area contributed by atoms with Gasteiger partial charge in [-0.25, -0.2) is 4.68 Å². The summed E-state index contributed by atoms with van der Waals surface area (Å²) in [5, 5.41) is 22.5. The summed E-state index contributed by atoms with van der Waals surface area (Å²) in [6.45, 7) is 6.70. The first-order chi connectivity index (χ1) is 12.8.